The van der Waals surface area contributed by atoms with Gasteiger partial charge in [-0.15, -0.1) is 0 Å². The van der Waals surface area contributed by atoms with Crippen LogP contribution in [0, 0.1) is 6.92 Å². The summed E-state index contributed by atoms with van der Waals surface area (Å²) in [6.45, 7) is 2.95. The molecule has 0 radical (unpaired) electrons. The molecule has 1 aliphatic rings. The summed E-state index contributed by atoms with van der Waals surface area (Å²) < 4.78 is 0. The van der Waals surface area contributed by atoms with Crippen molar-refractivity contribution in [1.82, 2.24) is 4.90 Å². The van der Waals surface area contributed by atoms with E-state index in [9.17, 15) is 4.79 Å². The molecule has 1 amide bonds. The lowest BCUT2D eigenvalue weighted by Crippen LogP contribution is -2.32. The fourth-order valence-corrected chi connectivity index (χ4v) is 3.16. The van der Waals surface area contributed by atoms with Crippen molar-refractivity contribution < 1.29 is 4.79 Å². The van der Waals surface area contributed by atoms with Gasteiger partial charge in [-0.2, -0.15) is 0 Å². The SMILES string of the molecule is Cc1ccccc1CC(=O)N1CCCC1c1ccccc1. The van der Waals surface area contributed by atoms with Crippen molar-refractivity contribution in [2.45, 2.75) is 32.2 Å². The number of hydrogen-bond acceptors (Lipinski definition) is 1. The van der Waals surface area contributed by atoms with E-state index in [0.29, 0.717) is 6.42 Å². The van der Waals surface area contributed by atoms with E-state index in [-0.39, 0.29) is 11.9 Å². The fraction of sp³-hybridized carbons (Fsp3) is 0.316. The molecule has 1 saturated heterocycles. The van der Waals surface area contributed by atoms with Crippen LogP contribution in [0.5, 0.6) is 0 Å². The zero-order valence-corrected chi connectivity index (χ0v) is 12.5. The van der Waals surface area contributed by atoms with Crippen molar-refractivity contribution in [3.05, 3.63) is 71.3 Å². The number of carbonyl (C=O) groups excluding carboxylic acids is 1. The molecule has 1 heterocycles. The van der Waals surface area contributed by atoms with Crippen LogP contribution in [0.3, 0.4) is 0 Å². The summed E-state index contributed by atoms with van der Waals surface area (Å²) in [5.74, 6) is 0.246. The highest BCUT2D eigenvalue weighted by Crippen LogP contribution is 2.32. The van der Waals surface area contributed by atoms with Gasteiger partial charge >= 0.3 is 0 Å². The van der Waals surface area contributed by atoms with E-state index in [1.807, 2.05) is 18.2 Å². The van der Waals surface area contributed by atoms with Gasteiger partial charge in [-0.05, 0) is 36.5 Å². The summed E-state index contributed by atoms with van der Waals surface area (Å²) in [6, 6.07) is 18.8. The largest absolute Gasteiger partial charge is 0.335 e. The summed E-state index contributed by atoms with van der Waals surface area (Å²) in [6.07, 6.45) is 2.68. The molecule has 1 unspecified atom stereocenters. The molecule has 3 rings (SSSR count). The quantitative estimate of drug-likeness (QED) is 0.834. The molecule has 2 nitrogen and oxygen atoms in total. The van der Waals surface area contributed by atoms with E-state index >= 15 is 0 Å². The van der Waals surface area contributed by atoms with E-state index in [1.165, 1.54) is 11.1 Å². The summed E-state index contributed by atoms with van der Waals surface area (Å²) >= 11 is 0. The molecule has 1 aliphatic heterocycles. The standard InChI is InChI=1S/C19H21NO/c1-15-8-5-6-11-17(15)14-19(21)20-13-7-12-18(20)16-9-3-2-4-10-16/h2-6,8-11,18H,7,12-14H2,1H3. The first-order valence-corrected chi connectivity index (χ1v) is 7.64. The number of rotatable bonds is 3. The van der Waals surface area contributed by atoms with Gasteiger partial charge in [0.05, 0.1) is 12.5 Å². The van der Waals surface area contributed by atoms with E-state index in [2.05, 4.69) is 48.2 Å². The van der Waals surface area contributed by atoms with E-state index in [0.717, 1.165) is 24.9 Å². The van der Waals surface area contributed by atoms with Crippen molar-refractivity contribution in [3.63, 3.8) is 0 Å². The Morgan fingerprint density at radius 3 is 2.57 bits per heavy atom. The van der Waals surface area contributed by atoms with Gasteiger partial charge in [-0.3, -0.25) is 4.79 Å². The van der Waals surface area contributed by atoms with Gasteiger partial charge in [0, 0.05) is 6.54 Å². The van der Waals surface area contributed by atoms with Crippen LogP contribution >= 0.6 is 0 Å². The maximum atomic E-state index is 12.7. The second-order valence-electron chi connectivity index (χ2n) is 5.76. The Hall–Kier alpha value is -2.09. The Morgan fingerprint density at radius 2 is 1.81 bits per heavy atom. The highest BCUT2D eigenvalue weighted by molar-refractivity contribution is 5.80. The van der Waals surface area contributed by atoms with Crippen LogP contribution in [-0.2, 0) is 11.2 Å². The Bertz CT molecular complexity index is 620. The Balaban J connectivity index is 1.76. The molecule has 0 spiro atoms. The summed E-state index contributed by atoms with van der Waals surface area (Å²) in [7, 11) is 0. The van der Waals surface area contributed by atoms with Crippen LogP contribution in [0.15, 0.2) is 54.6 Å². The van der Waals surface area contributed by atoms with Crippen LogP contribution in [0.1, 0.15) is 35.6 Å². The normalized spacial score (nSPS) is 18.0. The lowest BCUT2D eigenvalue weighted by molar-refractivity contribution is -0.131. The third kappa shape index (κ3) is 2.99. The number of aryl methyl sites for hydroxylation is 1. The van der Waals surface area contributed by atoms with Gasteiger partial charge in [0.2, 0.25) is 5.91 Å². The number of carbonyl (C=O) groups is 1. The second-order valence-corrected chi connectivity index (χ2v) is 5.76. The summed E-state index contributed by atoms with van der Waals surface area (Å²) in [4.78, 5) is 14.7. The van der Waals surface area contributed by atoms with Crippen LogP contribution in [0.25, 0.3) is 0 Å². The third-order valence-electron chi connectivity index (χ3n) is 4.36. The van der Waals surface area contributed by atoms with Gasteiger partial charge in [0.1, 0.15) is 0 Å². The molecule has 2 heteroatoms. The second kappa shape index (κ2) is 6.13. The van der Waals surface area contributed by atoms with Gasteiger partial charge in [0.15, 0.2) is 0 Å². The Labute approximate surface area is 126 Å². The molecular formula is C19H21NO. The monoisotopic (exact) mass is 279 g/mol. The van der Waals surface area contributed by atoms with Crippen molar-refractivity contribution in [2.24, 2.45) is 0 Å². The van der Waals surface area contributed by atoms with E-state index in [1.54, 1.807) is 0 Å². The van der Waals surface area contributed by atoms with Crippen LogP contribution in [0.4, 0.5) is 0 Å². The Morgan fingerprint density at radius 1 is 1.10 bits per heavy atom. The smallest absolute Gasteiger partial charge is 0.227 e. The molecule has 0 aliphatic carbocycles. The average molecular weight is 279 g/mol. The van der Waals surface area contributed by atoms with Crippen molar-refractivity contribution >= 4 is 5.91 Å². The first-order valence-electron chi connectivity index (χ1n) is 7.64. The van der Waals surface area contributed by atoms with Crippen LogP contribution in [0.2, 0.25) is 0 Å². The number of hydrogen-bond donors (Lipinski definition) is 0. The van der Waals surface area contributed by atoms with Gasteiger partial charge < -0.3 is 4.90 Å². The predicted octanol–water partition coefficient (Wildman–Crippen LogP) is 3.90. The minimum atomic E-state index is 0.246. The molecule has 0 bridgehead atoms. The van der Waals surface area contributed by atoms with Crippen LogP contribution < -0.4 is 0 Å². The highest BCUT2D eigenvalue weighted by Gasteiger charge is 2.29. The maximum absolute atomic E-state index is 12.7. The highest BCUT2D eigenvalue weighted by atomic mass is 16.2. The molecular weight excluding hydrogens is 258 g/mol. The zero-order valence-electron chi connectivity index (χ0n) is 12.5. The molecule has 1 atom stereocenters. The average Bonchev–Trinajstić information content (AvgIpc) is 3.00. The van der Waals surface area contributed by atoms with E-state index in [4.69, 9.17) is 0 Å². The number of nitrogens with zero attached hydrogens (tertiary/aromatic N) is 1. The van der Waals surface area contributed by atoms with Crippen molar-refractivity contribution in [1.29, 1.82) is 0 Å². The summed E-state index contributed by atoms with van der Waals surface area (Å²) in [5, 5.41) is 0. The van der Waals surface area contributed by atoms with E-state index < -0.39 is 0 Å². The molecule has 2 aromatic carbocycles. The summed E-state index contributed by atoms with van der Waals surface area (Å²) in [5.41, 5.74) is 3.59. The molecule has 1 fully saturated rings. The fourth-order valence-electron chi connectivity index (χ4n) is 3.16. The minimum Gasteiger partial charge on any atom is -0.335 e. The predicted molar refractivity (Wildman–Crippen MR) is 85.0 cm³/mol. The third-order valence-corrected chi connectivity index (χ3v) is 4.36. The molecule has 0 aromatic heterocycles. The number of benzene rings is 2. The first-order chi connectivity index (χ1) is 10.3. The minimum absolute atomic E-state index is 0.246. The molecule has 0 N–H and O–H groups in total. The van der Waals surface area contributed by atoms with Crippen molar-refractivity contribution in [2.75, 3.05) is 6.54 Å². The van der Waals surface area contributed by atoms with Gasteiger partial charge in [-0.25, -0.2) is 0 Å². The van der Waals surface area contributed by atoms with Gasteiger partial charge in [0.25, 0.3) is 0 Å². The maximum Gasteiger partial charge on any atom is 0.227 e. The molecule has 0 saturated carbocycles. The van der Waals surface area contributed by atoms with Crippen molar-refractivity contribution in [3.8, 4) is 0 Å². The van der Waals surface area contributed by atoms with Crippen LogP contribution in [-0.4, -0.2) is 17.4 Å². The topological polar surface area (TPSA) is 20.3 Å². The molecule has 108 valence electrons. The van der Waals surface area contributed by atoms with Gasteiger partial charge in [-0.1, -0.05) is 54.6 Å². The molecule has 2 aromatic rings. The Kier molecular flexibility index (Phi) is 4.05. The zero-order chi connectivity index (χ0) is 14.7. The lowest BCUT2D eigenvalue weighted by Gasteiger charge is -2.25. The lowest BCUT2D eigenvalue weighted by atomic mass is 10.0. The molecule has 21 heavy (non-hydrogen) atoms. The number of amides is 1. The first kappa shape index (κ1) is 13.9. The number of likely N-dealkylation sites (tertiary alicyclic amines) is 1.